The van der Waals surface area contributed by atoms with Gasteiger partial charge in [0.05, 0.1) is 12.1 Å². The molecule has 11 nitrogen and oxygen atoms in total. The van der Waals surface area contributed by atoms with Crippen LogP contribution < -0.4 is 21.1 Å². The molecule has 224 valence electrons. The number of aryl methyl sites for hydroxylation is 2. The van der Waals surface area contributed by atoms with Crippen LogP contribution in [0, 0.1) is 5.92 Å². The number of carbonyl (C=O) groups excluding carboxylic acids is 2. The lowest BCUT2D eigenvalue weighted by Gasteiger charge is -2.29. The third-order valence-corrected chi connectivity index (χ3v) is 7.81. The van der Waals surface area contributed by atoms with E-state index in [0.29, 0.717) is 48.3 Å². The van der Waals surface area contributed by atoms with E-state index < -0.39 is 28.6 Å². The molecule has 0 aliphatic carbocycles. The van der Waals surface area contributed by atoms with Crippen molar-refractivity contribution < 1.29 is 31.2 Å². The highest BCUT2D eigenvalue weighted by molar-refractivity contribution is 7.86. The number of rotatable bonds is 3. The number of carbonyl (C=O) groups is 2. The standard InChI is InChI=1S/C24H26ClN7O3S.C2HF3O/c25-20-13-27-24-29-18-5-1-3-15(11-18)6-7-16-12-19(28-22(20)31-24)8-9-21(16)30-23(33)17-4-2-10-32(14-17)36(26,34)35;3-2(4,5)1-6/h1,3,5,8-9,11-13,17H,2,4,6-7,10,14H2,(H,30,33)(H2,26,34,35)(H2,27,28,29,31);1H. The molecule has 0 spiro atoms. The van der Waals surface area contributed by atoms with Gasteiger partial charge >= 0.3 is 6.18 Å². The van der Waals surface area contributed by atoms with Crippen molar-refractivity contribution in [2.24, 2.45) is 11.1 Å². The van der Waals surface area contributed by atoms with Crippen molar-refractivity contribution in [2.75, 3.05) is 29.0 Å². The molecule has 1 aromatic heterocycles. The number of nitrogens with zero attached hydrogens (tertiary/aromatic N) is 3. The van der Waals surface area contributed by atoms with E-state index in [1.165, 1.54) is 6.20 Å². The van der Waals surface area contributed by atoms with E-state index in [0.717, 1.165) is 33.2 Å². The molecule has 5 rings (SSSR count). The van der Waals surface area contributed by atoms with Gasteiger partial charge in [0.1, 0.15) is 5.02 Å². The van der Waals surface area contributed by atoms with Gasteiger partial charge in [-0.05, 0) is 67.1 Å². The van der Waals surface area contributed by atoms with Gasteiger partial charge in [0.15, 0.2) is 5.82 Å². The molecular formula is C26H27ClF3N7O4S. The molecule has 2 aliphatic heterocycles. The van der Waals surface area contributed by atoms with Crippen LogP contribution in [0.15, 0.2) is 48.7 Å². The highest BCUT2D eigenvalue weighted by atomic mass is 35.5. The van der Waals surface area contributed by atoms with Crippen LogP contribution in [0.3, 0.4) is 0 Å². The van der Waals surface area contributed by atoms with Crippen LogP contribution >= 0.6 is 11.6 Å². The summed E-state index contributed by atoms with van der Waals surface area (Å²) in [6.45, 7) is 0.406. The predicted octanol–water partition coefficient (Wildman–Crippen LogP) is 4.32. The molecule has 1 fully saturated rings. The lowest BCUT2D eigenvalue weighted by Crippen LogP contribution is -2.46. The summed E-state index contributed by atoms with van der Waals surface area (Å²) in [6.07, 6.45) is -1.58. The van der Waals surface area contributed by atoms with Crippen molar-refractivity contribution in [1.29, 1.82) is 0 Å². The molecule has 2 aromatic carbocycles. The van der Waals surface area contributed by atoms with E-state index in [4.69, 9.17) is 21.5 Å². The van der Waals surface area contributed by atoms with Crippen LogP contribution in [0.4, 0.5) is 42.0 Å². The molecule has 3 heterocycles. The molecule has 1 unspecified atom stereocenters. The Morgan fingerprint density at radius 3 is 2.60 bits per heavy atom. The van der Waals surface area contributed by atoms with Crippen molar-refractivity contribution in [1.82, 2.24) is 14.3 Å². The third-order valence-electron chi connectivity index (χ3n) is 6.48. The Hall–Kier alpha value is -3.79. The molecule has 1 atom stereocenters. The van der Waals surface area contributed by atoms with Crippen LogP contribution in [-0.2, 0) is 32.6 Å². The molecule has 2 aliphatic rings. The Balaban J connectivity index is 0.000000612. The first-order valence-corrected chi connectivity index (χ1v) is 14.6. The zero-order chi connectivity index (χ0) is 30.5. The number of amides is 1. The lowest BCUT2D eigenvalue weighted by molar-refractivity contribution is -0.156. The second-order valence-electron chi connectivity index (χ2n) is 9.60. The number of nitrogens with one attached hydrogen (secondary N) is 3. The first kappa shape index (κ1) is 31.2. The number of hydrogen-bond acceptors (Lipinski definition) is 8. The number of piperidine rings is 1. The molecule has 1 amide bonds. The first-order chi connectivity index (χ1) is 19.8. The summed E-state index contributed by atoms with van der Waals surface area (Å²) in [7, 11) is -3.83. The molecule has 0 radical (unpaired) electrons. The minimum absolute atomic E-state index is 0.0774. The van der Waals surface area contributed by atoms with Crippen LogP contribution in [0.1, 0.15) is 24.0 Å². The SMILES string of the molecule is NS(=O)(=O)N1CCCC(C(=O)Nc2ccc3cc2CCc2cccc(c2)Nc2ncc(Cl)c(n2)N3)C1.O=CC(F)(F)F. The minimum Gasteiger partial charge on any atom is -0.339 e. The number of fused-ring (bicyclic) bond motifs is 6. The first-order valence-electron chi connectivity index (χ1n) is 12.7. The van der Waals surface area contributed by atoms with Gasteiger partial charge in [0.2, 0.25) is 18.1 Å². The topological polar surface area (TPSA) is 159 Å². The zero-order valence-corrected chi connectivity index (χ0v) is 23.6. The zero-order valence-electron chi connectivity index (χ0n) is 22.0. The number of anilines is 5. The van der Waals surface area contributed by atoms with Crippen molar-refractivity contribution in [3.8, 4) is 0 Å². The summed E-state index contributed by atoms with van der Waals surface area (Å²) in [6, 6.07) is 13.6. The second kappa shape index (κ2) is 13.0. The number of nitrogens with two attached hydrogens (primary N) is 1. The fraction of sp³-hybridized carbons (Fsp3) is 0.308. The van der Waals surface area contributed by atoms with E-state index >= 15 is 0 Å². The van der Waals surface area contributed by atoms with E-state index in [-0.39, 0.29) is 12.5 Å². The van der Waals surface area contributed by atoms with Gasteiger partial charge < -0.3 is 16.0 Å². The fourth-order valence-corrected chi connectivity index (χ4v) is 5.40. The smallest absolute Gasteiger partial charge is 0.339 e. The average molecular weight is 626 g/mol. The summed E-state index contributed by atoms with van der Waals surface area (Å²) in [5, 5.41) is 15.1. The molecular weight excluding hydrogens is 599 g/mol. The van der Waals surface area contributed by atoms with Gasteiger partial charge in [-0.1, -0.05) is 23.7 Å². The van der Waals surface area contributed by atoms with Crippen LogP contribution in [0.5, 0.6) is 0 Å². The molecule has 0 saturated carbocycles. The predicted molar refractivity (Wildman–Crippen MR) is 152 cm³/mol. The number of hydrogen-bond donors (Lipinski definition) is 4. The maximum absolute atomic E-state index is 13.1. The minimum atomic E-state index is -4.64. The quantitative estimate of drug-likeness (QED) is 0.313. The Morgan fingerprint density at radius 2 is 1.88 bits per heavy atom. The van der Waals surface area contributed by atoms with Crippen molar-refractivity contribution in [2.45, 2.75) is 31.9 Å². The molecule has 6 bridgehead atoms. The van der Waals surface area contributed by atoms with Gasteiger partial charge in [0.25, 0.3) is 10.2 Å². The normalized spacial score (nSPS) is 17.0. The maximum atomic E-state index is 13.1. The maximum Gasteiger partial charge on any atom is 0.446 e. The van der Waals surface area contributed by atoms with E-state index in [2.05, 4.69) is 25.9 Å². The highest BCUT2D eigenvalue weighted by Gasteiger charge is 2.31. The Labute approximate surface area is 244 Å². The molecule has 16 heteroatoms. The van der Waals surface area contributed by atoms with Crippen molar-refractivity contribution in [3.63, 3.8) is 0 Å². The summed E-state index contributed by atoms with van der Waals surface area (Å²) in [5.41, 5.74) is 4.34. The number of aldehydes is 1. The monoisotopic (exact) mass is 625 g/mol. The average Bonchev–Trinajstić information content (AvgIpc) is 2.94. The molecule has 1 saturated heterocycles. The van der Waals surface area contributed by atoms with Gasteiger partial charge in [-0.2, -0.15) is 30.9 Å². The van der Waals surface area contributed by atoms with Crippen LogP contribution in [-0.4, -0.2) is 54.2 Å². The second-order valence-corrected chi connectivity index (χ2v) is 11.6. The Morgan fingerprint density at radius 1 is 1.14 bits per heavy atom. The van der Waals surface area contributed by atoms with E-state index in [9.17, 15) is 26.4 Å². The lowest BCUT2D eigenvalue weighted by atomic mass is 9.97. The largest absolute Gasteiger partial charge is 0.446 e. The Bertz CT molecular complexity index is 1570. The van der Waals surface area contributed by atoms with Gasteiger partial charge in [-0.25, -0.2) is 10.1 Å². The number of benzene rings is 2. The van der Waals surface area contributed by atoms with E-state index in [1.807, 2.05) is 42.5 Å². The third kappa shape index (κ3) is 8.61. The summed E-state index contributed by atoms with van der Waals surface area (Å²) >= 11 is 6.34. The van der Waals surface area contributed by atoms with Crippen LogP contribution in [0.25, 0.3) is 0 Å². The summed E-state index contributed by atoms with van der Waals surface area (Å²) in [5.74, 6) is 0.178. The van der Waals surface area contributed by atoms with Gasteiger partial charge in [-0.15, -0.1) is 0 Å². The van der Waals surface area contributed by atoms with Crippen molar-refractivity contribution in [3.05, 3.63) is 64.8 Å². The molecule has 5 N–H and O–H groups in total. The number of halogens is 4. The van der Waals surface area contributed by atoms with E-state index in [1.54, 1.807) is 0 Å². The van der Waals surface area contributed by atoms with Crippen LogP contribution in [0.2, 0.25) is 5.02 Å². The molecule has 42 heavy (non-hydrogen) atoms. The van der Waals surface area contributed by atoms with Gasteiger partial charge in [0, 0.05) is 30.2 Å². The fourth-order valence-electron chi connectivity index (χ4n) is 4.49. The Kier molecular flexibility index (Phi) is 9.66. The summed E-state index contributed by atoms with van der Waals surface area (Å²) in [4.78, 5) is 30.6. The number of aromatic nitrogens is 2. The number of alkyl halides is 3. The summed E-state index contributed by atoms with van der Waals surface area (Å²) < 4.78 is 55.9. The van der Waals surface area contributed by atoms with Crippen molar-refractivity contribution >= 4 is 62.8 Å². The van der Waals surface area contributed by atoms with Gasteiger partial charge in [-0.3, -0.25) is 9.59 Å². The highest BCUT2D eigenvalue weighted by Crippen LogP contribution is 2.30. The molecule has 3 aromatic rings.